The van der Waals surface area contributed by atoms with E-state index in [1.165, 1.54) is 69.5 Å². The first-order valence-corrected chi connectivity index (χ1v) is 11.7. The van der Waals surface area contributed by atoms with Crippen LogP contribution in [-0.2, 0) is 13.0 Å². The zero-order valence-corrected chi connectivity index (χ0v) is 17.8. The zero-order chi connectivity index (χ0) is 19.2. The standard InChI is InChI=1S/C23H32N4S/c1-2-28-22-24-15-21(16-25-22)17-27-14-11-23(19-27)10-6-12-26(18-23)13-9-20-7-4-3-5-8-20/h3-5,7-8,15-16H,2,6,9-14,17-19H2,1H3/t23-/m1/s1. The fraction of sp³-hybridized carbons (Fsp3) is 0.565. The van der Waals surface area contributed by atoms with Gasteiger partial charge in [-0.3, -0.25) is 4.90 Å². The first-order chi connectivity index (χ1) is 13.7. The lowest BCUT2D eigenvalue weighted by atomic mass is 9.79. The predicted octanol–water partition coefficient (Wildman–Crippen LogP) is 4.12. The highest BCUT2D eigenvalue weighted by Gasteiger charge is 2.41. The normalized spacial score (nSPS) is 23.5. The van der Waals surface area contributed by atoms with E-state index in [1.54, 1.807) is 11.8 Å². The lowest BCUT2D eigenvalue weighted by Crippen LogP contribution is -2.45. The molecule has 0 bridgehead atoms. The van der Waals surface area contributed by atoms with E-state index in [4.69, 9.17) is 0 Å². The zero-order valence-electron chi connectivity index (χ0n) is 17.0. The first kappa shape index (κ1) is 19.9. The molecule has 3 heterocycles. The van der Waals surface area contributed by atoms with Crippen LogP contribution in [0.5, 0.6) is 0 Å². The fourth-order valence-corrected chi connectivity index (χ4v) is 5.33. The van der Waals surface area contributed by atoms with E-state index in [-0.39, 0.29) is 0 Å². The van der Waals surface area contributed by atoms with Gasteiger partial charge in [0.25, 0.3) is 0 Å². The van der Waals surface area contributed by atoms with Crippen LogP contribution in [0.1, 0.15) is 37.3 Å². The lowest BCUT2D eigenvalue weighted by Gasteiger charge is -2.40. The Morgan fingerprint density at radius 3 is 2.54 bits per heavy atom. The number of likely N-dealkylation sites (tertiary alicyclic amines) is 2. The molecule has 0 N–H and O–H groups in total. The van der Waals surface area contributed by atoms with E-state index < -0.39 is 0 Å². The topological polar surface area (TPSA) is 32.3 Å². The summed E-state index contributed by atoms with van der Waals surface area (Å²) in [6.45, 7) is 9.27. The number of rotatable bonds is 7. The Labute approximate surface area is 173 Å². The smallest absolute Gasteiger partial charge is 0.187 e. The summed E-state index contributed by atoms with van der Waals surface area (Å²) in [5.41, 5.74) is 3.20. The number of piperidine rings is 1. The molecule has 0 aliphatic carbocycles. The summed E-state index contributed by atoms with van der Waals surface area (Å²) in [5.74, 6) is 1.02. The number of aromatic nitrogens is 2. The second-order valence-corrected chi connectivity index (χ2v) is 9.61. The van der Waals surface area contributed by atoms with Crippen molar-refractivity contribution in [3.63, 3.8) is 0 Å². The largest absolute Gasteiger partial charge is 0.302 e. The van der Waals surface area contributed by atoms with Crippen molar-refractivity contribution >= 4 is 11.8 Å². The van der Waals surface area contributed by atoms with Gasteiger partial charge in [0.2, 0.25) is 0 Å². The fourth-order valence-electron chi connectivity index (χ4n) is 4.82. The number of benzene rings is 1. The molecular weight excluding hydrogens is 364 g/mol. The average molecular weight is 397 g/mol. The van der Waals surface area contributed by atoms with E-state index in [0.29, 0.717) is 5.41 Å². The predicted molar refractivity (Wildman–Crippen MR) is 117 cm³/mol. The summed E-state index contributed by atoms with van der Waals surface area (Å²) < 4.78 is 0. The highest BCUT2D eigenvalue weighted by atomic mass is 32.2. The molecule has 2 aromatic rings. The highest BCUT2D eigenvalue weighted by Crippen LogP contribution is 2.39. The summed E-state index contributed by atoms with van der Waals surface area (Å²) in [6.07, 6.45) is 9.26. The number of nitrogens with zero attached hydrogens (tertiary/aromatic N) is 4. The van der Waals surface area contributed by atoms with Crippen LogP contribution < -0.4 is 0 Å². The Bertz CT molecular complexity index is 736. The van der Waals surface area contributed by atoms with Crippen molar-refractivity contribution in [2.45, 2.75) is 44.3 Å². The molecule has 4 nitrogen and oxygen atoms in total. The lowest BCUT2D eigenvalue weighted by molar-refractivity contribution is 0.0928. The maximum Gasteiger partial charge on any atom is 0.187 e. The second-order valence-electron chi connectivity index (χ2n) is 8.38. The van der Waals surface area contributed by atoms with Crippen LogP contribution >= 0.6 is 11.8 Å². The van der Waals surface area contributed by atoms with Gasteiger partial charge in [-0.15, -0.1) is 0 Å². The number of hydrogen-bond acceptors (Lipinski definition) is 5. The van der Waals surface area contributed by atoms with E-state index in [9.17, 15) is 0 Å². The Morgan fingerprint density at radius 2 is 1.75 bits per heavy atom. The summed E-state index contributed by atoms with van der Waals surface area (Å²) >= 11 is 1.71. The quantitative estimate of drug-likeness (QED) is 0.519. The third kappa shape index (κ3) is 5.13. The molecule has 2 aliphatic rings. The van der Waals surface area contributed by atoms with E-state index >= 15 is 0 Å². The van der Waals surface area contributed by atoms with Crippen molar-refractivity contribution in [2.24, 2.45) is 5.41 Å². The minimum atomic E-state index is 0.494. The van der Waals surface area contributed by atoms with Gasteiger partial charge in [0.15, 0.2) is 5.16 Å². The number of hydrogen-bond donors (Lipinski definition) is 0. The van der Waals surface area contributed by atoms with Crippen LogP contribution in [0.4, 0.5) is 0 Å². The van der Waals surface area contributed by atoms with Crippen molar-refractivity contribution in [1.29, 1.82) is 0 Å². The van der Waals surface area contributed by atoms with Gasteiger partial charge < -0.3 is 4.90 Å². The maximum atomic E-state index is 4.50. The van der Waals surface area contributed by atoms with Gasteiger partial charge in [0.1, 0.15) is 0 Å². The first-order valence-electron chi connectivity index (χ1n) is 10.7. The van der Waals surface area contributed by atoms with Crippen molar-refractivity contribution in [2.75, 3.05) is 38.5 Å². The highest BCUT2D eigenvalue weighted by molar-refractivity contribution is 7.99. The van der Waals surface area contributed by atoms with E-state index in [2.05, 4.69) is 57.0 Å². The Kier molecular flexibility index (Phi) is 6.65. The molecule has 0 saturated carbocycles. The molecule has 2 fully saturated rings. The van der Waals surface area contributed by atoms with Crippen molar-refractivity contribution in [1.82, 2.24) is 19.8 Å². The summed E-state index contributed by atoms with van der Waals surface area (Å²) in [7, 11) is 0. The summed E-state index contributed by atoms with van der Waals surface area (Å²) in [5, 5.41) is 0.894. The van der Waals surface area contributed by atoms with E-state index in [1.807, 2.05) is 12.4 Å². The Morgan fingerprint density at radius 1 is 0.964 bits per heavy atom. The molecule has 0 unspecified atom stereocenters. The molecule has 4 rings (SSSR count). The van der Waals surface area contributed by atoms with E-state index in [0.717, 1.165) is 17.5 Å². The third-order valence-electron chi connectivity index (χ3n) is 6.18. The SMILES string of the molecule is CCSc1ncc(CN2CC[C@@]3(CCCN(CCc4ccccc4)C3)C2)cn1. The maximum absolute atomic E-state index is 4.50. The van der Waals surface area contributed by atoms with Crippen LogP contribution in [0.25, 0.3) is 0 Å². The molecular formula is C23H32N4S. The summed E-state index contributed by atoms with van der Waals surface area (Å²) in [4.78, 5) is 14.3. The van der Waals surface area contributed by atoms with Crippen LogP contribution in [0, 0.1) is 5.41 Å². The van der Waals surface area contributed by atoms with Crippen LogP contribution in [-0.4, -0.2) is 58.2 Å². The molecule has 1 atom stereocenters. The molecule has 1 spiro atoms. The third-order valence-corrected chi connectivity index (χ3v) is 6.94. The van der Waals surface area contributed by atoms with Crippen molar-refractivity contribution in [3.8, 4) is 0 Å². The molecule has 2 saturated heterocycles. The van der Waals surface area contributed by atoms with Gasteiger partial charge in [-0.2, -0.15) is 0 Å². The van der Waals surface area contributed by atoms with Crippen LogP contribution in [0.15, 0.2) is 47.9 Å². The van der Waals surface area contributed by atoms with Gasteiger partial charge in [-0.1, -0.05) is 49.0 Å². The average Bonchev–Trinajstić information content (AvgIpc) is 3.10. The molecule has 0 amide bonds. The van der Waals surface area contributed by atoms with Crippen LogP contribution in [0.2, 0.25) is 0 Å². The Hall–Kier alpha value is -1.43. The minimum Gasteiger partial charge on any atom is -0.302 e. The molecule has 1 aromatic carbocycles. The minimum absolute atomic E-state index is 0.494. The molecule has 150 valence electrons. The van der Waals surface area contributed by atoms with Gasteiger partial charge in [0.05, 0.1) is 0 Å². The molecule has 1 aromatic heterocycles. The number of thioether (sulfide) groups is 1. The molecule has 5 heteroatoms. The van der Waals surface area contributed by atoms with Gasteiger partial charge >= 0.3 is 0 Å². The van der Waals surface area contributed by atoms with Gasteiger partial charge in [0, 0.05) is 44.1 Å². The summed E-state index contributed by atoms with van der Waals surface area (Å²) in [6, 6.07) is 10.9. The van der Waals surface area contributed by atoms with Crippen LogP contribution in [0.3, 0.4) is 0 Å². The van der Waals surface area contributed by atoms with Gasteiger partial charge in [-0.25, -0.2) is 9.97 Å². The monoisotopic (exact) mass is 396 g/mol. The molecule has 0 radical (unpaired) electrons. The van der Waals surface area contributed by atoms with Crippen molar-refractivity contribution in [3.05, 3.63) is 53.9 Å². The molecule has 2 aliphatic heterocycles. The Balaban J connectivity index is 1.29. The van der Waals surface area contributed by atoms with Gasteiger partial charge in [-0.05, 0) is 55.5 Å². The second kappa shape index (κ2) is 9.38. The van der Waals surface area contributed by atoms with Crippen molar-refractivity contribution < 1.29 is 0 Å². The molecule has 28 heavy (non-hydrogen) atoms.